The van der Waals surface area contributed by atoms with E-state index in [0.717, 1.165) is 11.6 Å². The number of carboxylic acids is 1. The Labute approximate surface area is 110 Å². The topological polar surface area (TPSA) is 78.9 Å². The quantitative estimate of drug-likeness (QED) is 0.726. The number of thioether (sulfide) groups is 1. The summed E-state index contributed by atoms with van der Waals surface area (Å²) in [6, 6.07) is -0.530. The fourth-order valence-corrected chi connectivity index (χ4v) is 3.33. The third-order valence-electron chi connectivity index (χ3n) is 3.41. The van der Waals surface area contributed by atoms with E-state index in [9.17, 15) is 9.59 Å². The molecule has 7 heteroatoms. The van der Waals surface area contributed by atoms with E-state index in [1.165, 1.54) is 0 Å². The van der Waals surface area contributed by atoms with Crippen LogP contribution >= 0.6 is 11.8 Å². The number of aliphatic carboxylic acids is 1. The summed E-state index contributed by atoms with van der Waals surface area (Å²) in [5, 5.41) is 12.3. The van der Waals surface area contributed by atoms with Crippen molar-refractivity contribution >= 4 is 23.6 Å². The monoisotopic (exact) mass is 274 g/mol. The molecule has 0 aromatic rings. The van der Waals surface area contributed by atoms with Crippen LogP contribution in [-0.2, 0) is 14.3 Å². The van der Waals surface area contributed by atoms with Crippen LogP contribution in [0.3, 0.4) is 0 Å². The minimum absolute atomic E-state index is 0.00995. The molecule has 0 saturated carbocycles. The van der Waals surface area contributed by atoms with Gasteiger partial charge >= 0.3 is 5.97 Å². The Morgan fingerprint density at radius 2 is 2.28 bits per heavy atom. The number of amides is 1. The summed E-state index contributed by atoms with van der Waals surface area (Å²) >= 11 is 1.68. The summed E-state index contributed by atoms with van der Waals surface area (Å²) in [5.74, 6) is 0.0164. The van der Waals surface area contributed by atoms with E-state index in [2.05, 4.69) is 5.32 Å². The first-order chi connectivity index (χ1) is 8.65. The van der Waals surface area contributed by atoms with Gasteiger partial charge in [0.25, 0.3) is 0 Å². The summed E-state index contributed by atoms with van der Waals surface area (Å²) in [4.78, 5) is 25.1. The van der Waals surface area contributed by atoms with Crippen molar-refractivity contribution in [2.75, 3.05) is 31.4 Å². The van der Waals surface area contributed by atoms with Crippen molar-refractivity contribution < 1.29 is 19.4 Å². The van der Waals surface area contributed by atoms with Crippen molar-refractivity contribution in [2.24, 2.45) is 5.92 Å². The van der Waals surface area contributed by atoms with Gasteiger partial charge in [-0.25, -0.2) is 0 Å². The van der Waals surface area contributed by atoms with Crippen molar-refractivity contribution in [3.63, 3.8) is 0 Å². The molecule has 2 N–H and O–H groups in total. The normalized spacial score (nSPS) is 31.5. The average molecular weight is 274 g/mol. The van der Waals surface area contributed by atoms with E-state index in [-0.39, 0.29) is 24.6 Å². The van der Waals surface area contributed by atoms with E-state index in [1.54, 1.807) is 16.7 Å². The SMILES string of the molecule is CCN(C(=O)C1CSCN1)C1COCC1C(=O)O. The van der Waals surface area contributed by atoms with Crippen LogP contribution in [0.2, 0.25) is 0 Å². The summed E-state index contributed by atoms with van der Waals surface area (Å²) in [6.45, 7) is 2.89. The Kier molecular flexibility index (Phi) is 4.47. The van der Waals surface area contributed by atoms with Crippen molar-refractivity contribution in [3.8, 4) is 0 Å². The van der Waals surface area contributed by atoms with Gasteiger partial charge in [0.2, 0.25) is 5.91 Å². The molecule has 3 atom stereocenters. The lowest BCUT2D eigenvalue weighted by Crippen LogP contribution is -2.52. The largest absolute Gasteiger partial charge is 0.481 e. The number of rotatable bonds is 4. The van der Waals surface area contributed by atoms with Gasteiger partial charge < -0.3 is 14.7 Å². The summed E-state index contributed by atoms with van der Waals surface area (Å²) in [5.41, 5.74) is 0. The molecule has 0 aliphatic carbocycles. The Morgan fingerprint density at radius 3 is 2.83 bits per heavy atom. The highest BCUT2D eigenvalue weighted by Crippen LogP contribution is 2.22. The first-order valence-corrected chi connectivity index (χ1v) is 7.22. The highest BCUT2D eigenvalue weighted by Gasteiger charge is 2.41. The number of nitrogens with one attached hydrogen (secondary N) is 1. The summed E-state index contributed by atoms with van der Waals surface area (Å²) in [7, 11) is 0. The molecule has 2 fully saturated rings. The molecule has 0 aromatic carbocycles. The number of hydrogen-bond acceptors (Lipinski definition) is 5. The first-order valence-electron chi connectivity index (χ1n) is 6.07. The minimum atomic E-state index is -0.891. The van der Waals surface area contributed by atoms with Gasteiger partial charge in [0.05, 0.1) is 25.3 Å². The molecule has 2 rings (SSSR count). The van der Waals surface area contributed by atoms with Crippen LogP contribution in [0.1, 0.15) is 6.92 Å². The zero-order chi connectivity index (χ0) is 13.1. The molecule has 6 nitrogen and oxygen atoms in total. The average Bonchev–Trinajstić information content (AvgIpc) is 3.00. The van der Waals surface area contributed by atoms with Crippen LogP contribution < -0.4 is 5.32 Å². The molecular formula is C11H18N2O4S. The van der Waals surface area contributed by atoms with Gasteiger partial charge in [-0.2, -0.15) is 0 Å². The van der Waals surface area contributed by atoms with Gasteiger partial charge in [-0.1, -0.05) is 0 Å². The second-order valence-electron chi connectivity index (χ2n) is 4.45. The maximum Gasteiger partial charge on any atom is 0.311 e. The molecule has 0 radical (unpaired) electrons. The molecule has 2 saturated heterocycles. The number of carbonyl (C=O) groups excluding carboxylic acids is 1. The van der Waals surface area contributed by atoms with E-state index >= 15 is 0 Å². The van der Waals surface area contributed by atoms with Crippen molar-refractivity contribution in [3.05, 3.63) is 0 Å². The fraction of sp³-hybridized carbons (Fsp3) is 0.818. The fourth-order valence-electron chi connectivity index (χ4n) is 2.39. The van der Waals surface area contributed by atoms with Gasteiger partial charge in [0.15, 0.2) is 0 Å². The smallest absolute Gasteiger partial charge is 0.311 e. The molecule has 2 aliphatic rings. The maximum absolute atomic E-state index is 12.3. The molecule has 2 heterocycles. The molecule has 3 unspecified atom stereocenters. The number of likely N-dealkylation sites (N-methyl/N-ethyl adjacent to an activating group) is 1. The Hall–Kier alpha value is -0.790. The van der Waals surface area contributed by atoms with Crippen LogP contribution in [0.15, 0.2) is 0 Å². The number of carboxylic acid groups (broad SMARTS) is 1. The van der Waals surface area contributed by atoms with Crippen molar-refractivity contribution in [1.82, 2.24) is 10.2 Å². The second-order valence-corrected chi connectivity index (χ2v) is 5.48. The lowest BCUT2D eigenvalue weighted by Gasteiger charge is -2.31. The Morgan fingerprint density at radius 1 is 1.50 bits per heavy atom. The molecule has 102 valence electrons. The number of carbonyl (C=O) groups is 2. The lowest BCUT2D eigenvalue weighted by molar-refractivity contribution is -0.145. The van der Waals surface area contributed by atoms with Crippen LogP contribution in [0.4, 0.5) is 0 Å². The molecular weight excluding hydrogens is 256 g/mol. The number of ether oxygens (including phenoxy) is 1. The maximum atomic E-state index is 12.3. The molecule has 0 bridgehead atoms. The highest BCUT2D eigenvalue weighted by molar-refractivity contribution is 7.99. The third kappa shape index (κ3) is 2.62. The standard InChI is InChI=1S/C11H18N2O4S/c1-2-13(10(14)8-5-18-6-12-8)9-4-17-3-7(9)11(15)16/h7-9,12H,2-6H2,1H3,(H,15,16). The summed E-state index contributed by atoms with van der Waals surface area (Å²) < 4.78 is 5.23. The molecule has 0 aromatic heterocycles. The van der Waals surface area contributed by atoms with Gasteiger partial charge in [0, 0.05) is 18.2 Å². The Balaban J connectivity index is 2.07. The third-order valence-corrected chi connectivity index (χ3v) is 4.35. The van der Waals surface area contributed by atoms with Crippen LogP contribution in [0, 0.1) is 5.92 Å². The Bertz CT molecular complexity index is 333. The van der Waals surface area contributed by atoms with E-state index < -0.39 is 11.9 Å². The van der Waals surface area contributed by atoms with Crippen LogP contribution in [-0.4, -0.2) is 65.4 Å². The van der Waals surface area contributed by atoms with Gasteiger partial charge in [-0.15, -0.1) is 11.8 Å². The van der Waals surface area contributed by atoms with Crippen molar-refractivity contribution in [2.45, 2.75) is 19.0 Å². The van der Waals surface area contributed by atoms with Crippen LogP contribution in [0.5, 0.6) is 0 Å². The number of hydrogen-bond donors (Lipinski definition) is 2. The van der Waals surface area contributed by atoms with Crippen LogP contribution in [0.25, 0.3) is 0 Å². The molecule has 18 heavy (non-hydrogen) atoms. The highest BCUT2D eigenvalue weighted by atomic mass is 32.2. The minimum Gasteiger partial charge on any atom is -0.481 e. The zero-order valence-electron chi connectivity index (χ0n) is 10.3. The molecule has 1 amide bonds. The van der Waals surface area contributed by atoms with Gasteiger partial charge in [-0.05, 0) is 6.92 Å². The molecule has 0 spiro atoms. The van der Waals surface area contributed by atoms with E-state index in [1.807, 2.05) is 6.92 Å². The van der Waals surface area contributed by atoms with Gasteiger partial charge in [0.1, 0.15) is 5.92 Å². The predicted octanol–water partition coefficient (Wildman–Crippen LogP) is -0.403. The predicted molar refractivity (Wildman–Crippen MR) is 67.4 cm³/mol. The van der Waals surface area contributed by atoms with Gasteiger partial charge in [-0.3, -0.25) is 14.9 Å². The first kappa shape index (κ1) is 13.6. The summed E-state index contributed by atoms with van der Waals surface area (Å²) in [6.07, 6.45) is 0. The van der Waals surface area contributed by atoms with E-state index in [0.29, 0.717) is 13.2 Å². The molecule has 2 aliphatic heterocycles. The number of nitrogens with zero attached hydrogens (tertiary/aromatic N) is 1. The lowest BCUT2D eigenvalue weighted by atomic mass is 10.0. The van der Waals surface area contributed by atoms with E-state index in [4.69, 9.17) is 9.84 Å². The van der Waals surface area contributed by atoms with Crippen molar-refractivity contribution in [1.29, 1.82) is 0 Å². The second kappa shape index (κ2) is 5.90. The zero-order valence-corrected chi connectivity index (χ0v) is 11.1.